The number of aryl methyl sites for hydroxylation is 1. The van der Waals surface area contributed by atoms with Crippen LogP contribution >= 0.6 is 0 Å². The van der Waals surface area contributed by atoms with E-state index in [1.54, 1.807) is 26.0 Å². The summed E-state index contributed by atoms with van der Waals surface area (Å²) in [6, 6.07) is 5.53. The van der Waals surface area contributed by atoms with Gasteiger partial charge in [-0.05, 0) is 31.5 Å². The Labute approximate surface area is 139 Å². The van der Waals surface area contributed by atoms with Crippen molar-refractivity contribution >= 4 is 11.9 Å². The van der Waals surface area contributed by atoms with Crippen molar-refractivity contribution < 1.29 is 18.7 Å². The Kier molecular flexibility index (Phi) is 5.42. The predicted octanol–water partition coefficient (Wildman–Crippen LogP) is 2.57. The van der Waals surface area contributed by atoms with E-state index in [0.29, 0.717) is 28.3 Å². The topological polar surface area (TPSA) is 99.3 Å². The van der Waals surface area contributed by atoms with Crippen LogP contribution < -0.4 is 0 Å². The van der Waals surface area contributed by atoms with E-state index in [9.17, 15) is 9.59 Å². The molecule has 7 heteroatoms. The molecule has 24 heavy (non-hydrogen) atoms. The fourth-order valence-electron chi connectivity index (χ4n) is 2.56. The molecule has 0 fully saturated rings. The molecule has 0 spiro atoms. The molecule has 0 atom stereocenters. The largest absolute Gasteiger partial charge is 0.467 e. The van der Waals surface area contributed by atoms with E-state index in [1.165, 1.54) is 18.3 Å². The second kappa shape index (κ2) is 7.51. The van der Waals surface area contributed by atoms with E-state index in [1.807, 2.05) is 6.07 Å². The van der Waals surface area contributed by atoms with Gasteiger partial charge in [0.15, 0.2) is 0 Å². The van der Waals surface area contributed by atoms with E-state index >= 15 is 0 Å². The number of carbonyl (C=O) groups is 2. The van der Waals surface area contributed by atoms with Crippen molar-refractivity contribution in [2.45, 2.75) is 26.8 Å². The molecule has 0 aliphatic rings. The number of H-pyrrole nitrogens is 1. The third-order valence-electron chi connectivity index (χ3n) is 3.75. The molecule has 0 saturated heterocycles. The van der Waals surface area contributed by atoms with Crippen molar-refractivity contribution in [1.82, 2.24) is 9.88 Å². The van der Waals surface area contributed by atoms with Crippen LogP contribution in [0.3, 0.4) is 0 Å². The Bertz CT molecular complexity index is 769. The zero-order valence-electron chi connectivity index (χ0n) is 13.9. The molecule has 0 aliphatic heterocycles. The number of nitriles is 1. The Hall–Kier alpha value is -3.01. The Morgan fingerprint density at radius 3 is 2.75 bits per heavy atom. The lowest BCUT2D eigenvalue weighted by Crippen LogP contribution is -2.32. The molecule has 0 aromatic carbocycles. The molecule has 0 radical (unpaired) electrons. The molecule has 2 heterocycles. The van der Waals surface area contributed by atoms with Crippen molar-refractivity contribution in [2.24, 2.45) is 0 Å². The molecule has 1 amide bonds. The molecular formula is C17H19N3O4. The van der Waals surface area contributed by atoms with Gasteiger partial charge < -0.3 is 19.0 Å². The summed E-state index contributed by atoms with van der Waals surface area (Å²) in [5.74, 6) is -0.164. The van der Waals surface area contributed by atoms with Gasteiger partial charge in [0.05, 0.1) is 38.0 Å². The monoisotopic (exact) mass is 329 g/mol. The first-order chi connectivity index (χ1) is 11.5. The minimum Gasteiger partial charge on any atom is -0.467 e. The zero-order valence-corrected chi connectivity index (χ0v) is 13.9. The molecule has 2 aromatic heterocycles. The summed E-state index contributed by atoms with van der Waals surface area (Å²) in [4.78, 5) is 29.2. The van der Waals surface area contributed by atoms with Crippen LogP contribution in [0, 0.1) is 25.2 Å². The Morgan fingerprint density at radius 1 is 1.42 bits per heavy atom. The number of amides is 1. The van der Waals surface area contributed by atoms with Gasteiger partial charge in [0.25, 0.3) is 5.91 Å². The third kappa shape index (κ3) is 3.49. The highest BCUT2D eigenvalue weighted by atomic mass is 16.5. The van der Waals surface area contributed by atoms with Gasteiger partial charge in [-0.15, -0.1) is 0 Å². The molecule has 0 aliphatic carbocycles. The number of rotatable bonds is 6. The van der Waals surface area contributed by atoms with Gasteiger partial charge in [-0.2, -0.15) is 5.26 Å². The Morgan fingerprint density at radius 2 is 2.17 bits per heavy atom. The summed E-state index contributed by atoms with van der Waals surface area (Å²) in [5, 5.41) is 8.82. The number of ether oxygens (including phenoxy) is 1. The zero-order chi connectivity index (χ0) is 17.7. The fourth-order valence-corrected chi connectivity index (χ4v) is 2.56. The van der Waals surface area contributed by atoms with Gasteiger partial charge in [0, 0.05) is 12.2 Å². The number of nitrogens with zero attached hydrogens (tertiary/aromatic N) is 2. The lowest BCUT2D eigenvalue weighted by molar-refractivity contribution is 0.0599. The minimum absolute atomic E-state index is 0.203. The lowest BCUT2D eigenvalue weighted by atomic mass is 10.1. The number of hydrogen-bond donors (Lipinski definition) is 1. The summed E-state index contributed by atoms with van der Waals surface area (Å²) < 4.78 is 10.0. The maximum absolute atomic E-state index is 12.9. The lowest BCUT2D eigenvalue weighted by Gasteiger charge is -2.20. The third-order valence-corrected chi connectivity index (χ3v) is 3.75. The van der Waals surface area contributed by atoms with Crippen molar-refractivity contribution in [3.8, 4) is 6.07 Å². The van der Waals surface area contributed by atoms with Gasteiger partial charge in [0.2, 0.25) is 0 Å². The second-order valence-corrected chi connectivity index (χ2v) is 5.33. The summed E-state index contributed by atoms with van der Waals surface area (Å²) in [6.45, 7) is 3.92. The molecule has 126 valence electrons. The van der Waals surface area contributed by atoms with Crippen molar-refractivity contribution in [3.63, 3.8) is 0 Å². The molecule has 0 saturated carbocycles. The first-order valence-corrected chi connectivity index (χ1v) is 7.45. The molecular weight excluding hydrogens is 310 g/mol. The number of methoxy groups -OCH3 is 1. The summed E-state index contributed by atoms with van der Waals surface area (Å²) in [5.41, 5.74) is 1.78. The standard InChI is InChI=1S/C17H19N3O4/c1-11-14(17(22)23-3)12(2)19-15(11)16(21)20(8-5-7-18)10-13-6-4-9-24-13/h4,6,9,19H,5,8,10H2,1-3H3. The first kappa shape index (κ1) is 17.3. The number of hydrogen-bond acceptors (Lipinski definition) is 5. The highest BCUT2D eigenvalue weighted by molar-refractivity contribution is 6.00. The normalized spacial score (nSPS) is 10.2. The highest BCUT2D eigenvalue weighted by Crippen LogP contribution is 2.21. The van der Waals surface area contributed by atoms with Gasteiger partial charge >= 0.3 is 5.97 Å². The average molecular weight is 329 g/mol. The maximum atomic E-state index is 12.9. The number of carbonyl (C=O) groups excluding carboxylic acids is 2. The van der Waals surface area contributed by atoms with E-state index < -0.39 is 5.97 Å². The molecule has 2 aromatic rings. The number of aromatic nitrogens is 1. The van der Waals surface area contributed by atoms with Gasteiger partial charge in [-0.25, -0.2) is 4.79 Å². The van der Waals surface area contributed by atoms with E-state index in [-0.39, 0.29) is 25.4 Å². The number of esters is 1. The van der Waals surface area contributed by atoms with E-state index in [4.69, 9.17) is 14.4 Å². The summed E-state index contributed by atoms with van der Waals surface area (Å²) in [7, 11) is 1.30. The molecule has 0 unspecified atom stereocenters. The van der Waals surface area contributed by atoms with Crippen molar-refractivity contribution in [2.75, 3.05) is 13.7 Å². The van der Waals surface area contributed by atoms with Crippen LogP contribution in [0.1, 0.15) is 44.3 Å². The molecule has 2 rings (SSSR count). The summed E-state index contributed by atoms with van der Waals surface area (Å²) >= 11 is 0. The van der Waals surface area contributed by atoms with Gasteiger partial charge in [-0.1, -0.05) is 0 Å². The average Bonchev–Trinajstić information content (AvgIpc) is 3.18. The van der Waals surface area contributed by atoms with Crippen molar-refractivity contribution in [3.05, 3.63) is 46.7 Å². The number of nitrogens with one attached hydrogen (secondary N) is 1. The Balaban J connectivity index is 2.32. The molecule has 1 N–H and O–H groups in total. The minimum atomic E-state index is -0.491. The fraction of sp³-hybridized carbons (Fsp3) is 0.353. The van der Waals surface area contributed by atoms with Crippen LogP contribution in [0.2, 0.25) is 0 Å². The molecule has 7 nitrogen and oxygen atoms in total. The van der Waals surface area contributed by atoms with Crippen LogP contribution in [0.25, 0.3) is 0 Å². The SMILES string of the molecule is COC(=O)c1c(C)[nH]c(C(=O)N(CCC#N)Cc2ccco2)c1C. The smallest absolute Gasteiger partial charge is 0.339 e. The maximum Gasteiger partial charge on any atom is 0.339 e. The van der Waals surface area contributed by atoms with Crippen LogP contribution in [0.15, 0.2) is 22.8 Å². The molecule has 0 bridgehead atoms. The van der Waals surface area contributed by atoms with Gasteiger partial charge in [0.1, 0.15) is 11.5 Å². The quantitative estimate of drug-likeness (QED) is 0.821. The van der Waals surface area contributed by atoms with Gasteiger partial charge in [-0.3, -0.25) is 4.79 Å². The van der Waals surface area contributed by atoms with Crippen LogP contribution in [0.5, 0.6) is 0 Å². The second-order valence-electron chi connectivity index (χ2n) is 5.33. The van der Waals surface area contributed by atoms with E-state index in [2.05, 4.69) is 4.98 Å². The van der Waals surface area contributed by atoms with Crippen molar-refractivity contribution in [1.29, 1.82) is 5.26 Å². The first-order valence-electron chi connectivity index (χ1n) is 7.45. The van der Waals surface area contributed by atoms with E-state index in [0.717, 1.165) is 0 Å². The van der Waals surface area contributed by atoms with Crippen LogP contribution in [-0.2, 0) is 11.3 Å². The number of furan rings is 1. The highest BCUT2D eigenvalue weighted by Gasteiger charge is 2.26. The predicted molar refractivity (Wildman–Crippen MR) is 85.3 cm³/mol. The van der Waals surface area contributed by atoms with Crippen LogP contribution in [-0.4, -0.2) is 35.4 Å². The summed E-state index contributed by atoms with van der Waals surface area (Å²) in [6.07, 6.45) is 1.73. The van der Waals surface area contributed by atoms with Crippen LogP contribution in [0.4, 0.5) is 0 Å². The number of aromatic amines is 1.